The van der Waals surface area contributed by atoms with Crippen LogP contribution in [0.25, 0.3) is 0 Å². The van der Waals surface area contributed by atoms with Crippen LogP contribution >= 0.6 is 11.8 Å². The normalized spacial score (nSPS) is 22.3. The lowest BCUT2D eigenvalue weighted by Crippen LogP contribution is -2.49. The second kappa shape index (κ2) is 7.15. The van der Waals surface area contributed by atoms with Crippen molar-refractivity contribution in [1.82, 2.24) is 15.1 Å². The van der Waals surface area contributed by atoms with Crippen molar-refractivity contribution < 1.29 is 9.59 Å². The minimum absolute atomic E-state index is 0.0119. The molecule has 0 radical (unpaired) electrons. The maximum atomic E-state index is 12.7. The molecule has 26 heavy (non-hydrogen) atoms. The number of carbonyl (C=O) groups is 2. The van der Waals surface area contributed by atoms with Crippen LogP contribution < -0.4 is 5.32 Å². The Kier molecular flexibility index (Phi) is 4.72. The summed E-state index contributed by atoms with van der Waals surface area (Å²) in [7, 11) is 0. The highest BCUT2D eigenvalue weighted by atomic mass is 32.2. The fourth-order valence-corrected chi connectivity index (χ4v) is 4.70. The van der Waals surface area contributed by atoms with Crippen molar-refractivity contribution in [2.45, 2.75) is 25.8 Å². The number of likely N-dealkylation sites (tertiary alicyclic amines) is 1. The van der Waals surface area contributed by atoms with Crippen LogP contribution in [0, 0.1) is 0 Å². The molecule has 0 saturated carbocycles. The lowest BCUT2D eigenvalue weighted by molar-refractivity contribution is -0.117. The molecule has 1 aromatic carbocycles. The number of hydrogen-bond acceptors (Lipinski definition) is 5. The molecule has 3 aliphatic heterocycles. The van der Waals surface area contributed by atoms with Crippen molar-refractivity contribution >= 4 is 28.7 Å². The second-order valence-corrected chi connectivity index (χ2v) is 7.74. The SMILES string of the molecule is CC1=C(C(=O)NC2CCCN(C(=O)c3ccccc3)C2)SC2=NCCN21. The first-order chi connectivity index (χ1) is 12.6. The minimum Gasteiger partial charge on any atom is -0.347 e. The highest BCUT2D eigenvalue weighted by Crippen LogP contribution is 2.36. The van der Waals surface area contributed by atoms with Crippen LogP contribution in [0.3, 0.4) is 0 Å². The predicted octanol–water partition coefficient (Wildman–Crippen LogP) is 2.06. The van der Waals surface area contributed by atoms with E-state index in [1.54, 1.807) is 0 Å². The molecule has 7 heteroatoms. The third-order valence-corrected chi connectivity index (χ3v) is 6.22. The van der Waals surface area contributed by atoms with Gasteiger partial charge in [0.2, 0.25) is 0 Å². The molecule has 0 bridgehead atoms. The van der Waals surface area contributed by atoms with E-state index in [9.17, 15) is 9.59 Å². The lowest BCUT2D eigenvalue weighted by atomic mass is 10.0. The van der Waals surface area contributed by atoms with Crippen LogP contribution in [-0.4, -0.2) is 59.0 Å². The van der Waals surface area contributed by atoms with Gasteiger partial charge >= 0.3 is 0 Å². The predicted molar refractivity (Wildman–Crippen MR) is 103 cm³/mol. The number of piperidine rings is 1. The second-order valence-electron chi connectivity index (χ2n) is 6.76. The van der Waals surface area contributed by atoms with Gasteiger partial charge in [0.25, 0.3) is 11.8 Å². The van der Waals surface area contributed by atoms with Crippen molar-refractivity contribution in [3.8, 4) is 0 Å². The number of nitrogens with zero attached hydrogens (tertiary/aromatic N) is 3. The number of thioether (sulfide) groups is 1. The van der Waals surface area contributed by atoms with Crippen LogP contribution in [0.5, 0.6) is 0 Å². The highest BCUT2D eigenvalue weighted by molar-refractivity contribution is 8.18. The fourth-order valence-electron chi connectivity index (χ4n) is 3.62. The first-order valence-corrected chi connectivity index (χ1v) is 9.81. The summed E-state index contributed by atoms with van der Waals surface area (Å²) in [5, 5.41) is 4.05. The van der Waals surface area contributed by atoms with Gasteiger partial charge in [-0.2, -0.15) is 0 Å². The molecule has 4 rings (SSSR count). The zero-order valence-electron chi connectivity index (χ0n) is 14.8. The molecule has 136 valence electrons. The summed E-state index contributed by atoms with van der Waals surface area (Å²) in [5.41, 5.74) is 1.68. The zero-order valence-corrected chi connectivity index (χ0v) is 15.6. The summed E-state index contributed by atoms with van der Waals surface area (Å²) in [6.45, 7) is 4.92. The standard InChI is InChI=1S/C19H22N4O2S/c1-13-16(26-19-20-9-11-23(13)19)17(24)21-15-8-5-10-22(12-15)18(25)14-6-3-2-4-7-14/h2-4,6-7,15H,5,8-12H2,1H3,(H,21,24). The van der Waals surface area contributed by atoms with Crippen molar-refractivity contribution in [1.29, 1.82) is 0 Å². The van der Waals surface area contributed by atoms with Crippen molar-refractivity contribution in [3.63, 3.8) is 0 Å². The molecule has 0 aliphatic carbocycles. The Morgan fingerprint density at radius 1 is 1.23 bits per heavy atom. The van der Waals surface area contributed by atoms with Crippen LogP contribution in [0.15, 0.2) is 45.9 Å². The van der Waals surface area contributed by atoms with E-state index in [1.807, 2.05) is 42.2 Å². The summed E-state index contributed by atoms with van der Waals surface area (Å²) in [4.78, 5) is 34.5. The average molecular weight is 370 g/mol. The van der Waals surface area contributed by atoms with Crippen molar-refractivity contribution in [2.24, 2.45) is 4.99 Å². The van der Waals surface area contributed by atoms with Gasteiger partial charge in [0.05, 0.1) is 11.4 Å². The first kappa shape index (κ1) is 17.1. The Hall–Kier alpha value is -2.28. The van der Waals surface area contributed by atoms with Gasteiger partial charge in [-0.3, -0.25) is 14.6 Å². The minimum atomic E-state index is -0.0522. The Bertz CT molecular complexity index is 790. The number of allylic oxidation sites excluding steroid dienone is 1. The van der Waals surface area contributed by atoms with Gasteiger partial charge in [-0.15, -0.1) is 0 Å². The van der Waals surface area contributed by atoms with E-state index in [4.69, 9.17) is 0 Å². The molecule has 1 saturated heterocycles. The molecule has 1 N–H and O–H groups in total. The number of rotatable bonds is 3. The topological polar surface area (TPSA) is 65.0 Å². The Balaban J connectivity index is 1.39. The van der Waals surface area contributed by atoms with Gasteiger partial charge in [-0.25, -0.2) is 0 Å². The molecule has 3 heterocycles. The lowest BCUT2D eigenvalue weighted by Gasteiger charge is -2.33. The molecule has 1 atom stereocenters. The molecule has 2 amide bonds. The van der Waals surface area contributed by atoms with Gasteiger partial charge in [-0.1, -0.05) is 18.2 Å². The average Bonchev–Trinajstić information content (AvgIpc) is 3.25. The van der Waals surface area contributed by atoms with Gasteiger partial charge < -0.3 is 15.1 Å². The van der Waals surface area contributed by atoms with Crippen LogP contribution in [0.1, 0.15) is 30.1 Å². The van der Waals surface area contributed by atoms with E-state index in [2.05, 4.69) is 15.2 Å². The molecule has 0 spiro atoms. The van der Waals surface area contributed by atoms with E-state index in [1.165, 1.54) is 11.8 Å². The maximum absolute atomic E-state index is 12.7. The molecular weight excluding hydrogens is 348 g/mol. The number of nitrogens with one attached hydrogen (secondary N) is 1. The Morgan fingerprint density at radius 2 is 2.04 bits per heavy atom. The van der Waals surface area contributed by atoms with Crippen LogP contribution in [-0.2, 0) is 4.79 Å². The summed E-state index contributed by atoms with van der Waals surface area (Å²) in [5.74, 6) is -0.0196. The smallest absolute Gasteiger partial charge is 0.260 e. The third-order valence-electron chi connectivity index (χ3n) is 5.00. The molecule has 1 aromatic rings. The van der Waals surface area contributed by atoms with E-state index in [0.29, 0.717) is 12.1 Å². The summed E-state index contributed by atoms with van der Waals surface area (Å²) in [6.07, 6.45) is 1.79. The monoisotopic (exact) mass is 370 g/mol. The third kappa shape index (κ3) is 3.23. The van der Waals surface area contributed by atoms with E-state index in [-0.39, 0.29) is 17.9 Å². The molecule has 6 nitrogen and oxygen atoms in total. The molecule has 0 aromatic heterocycles. The number of benzene rings is 1. The summed E-state index contributed by atoms with van der Waals surface area (Å²) >= 11 is 1.45. The molecule has 1 fully saturated rings. The Morgan fingerprint density at radius 3 is 2.81 bits per heavy atom. The molecular formula is C19H22N4O2S. The van der Waals surface area contributed by atoms with E-state index in [0.717, 1.165) is 48.2 Å². The first-order valence-electron chi connectivity index (χ1n) is 8.99. The van der Waals surface area contributed by atoms with E-state index < -0.39 is 0 Å². The highest BCUT2D eigenvalue weighted by Gasteiger charge is 2.34. The largest absolute Gasteiger partial charge is 0.347 e. The zero-order chi connectivity index (χ0) is 18.1. The molecule has 1 unspecified atom stereocenters. The summed E-state index contributed by atoms with van der Waals surface area (Å²) in [6, 6.07) is 9.31. The molecule has 3 aliphatic rings. The quantitative estimate of drug-likeness (QED) is 0.885. The number of amides is 2. The van der Waals surface area contributed by atoms with Crippen molar-refractivity contribution in [3.05, 3.63) is 46.5 Å². The number of hydrogen-bond donors (Lipinski definition) is 1. The number of carbonyl (C=O) groups excluding carboxylic acids is 2. The number of aliphatic imine (C=N–C) groups is 1. The van der Waals surface area contributed by atoms with Crippen LogP contribution in [0.4, 0.5) is 0 Å². The van der Waals surface area contributed by atoms with Crippen molar-refractivity contribution in [2.75, 3.05) is 26.2 Å². The van der Waals surface area contributed by atoms with Gasteiger partial charge in [-0.05, 0) is 43.7 Å². The van der Waals surface area contributed by atoms with Gasteiger partial charge in [0, 0.05) is 36.9 Å². The summed E-state index contributed by atoms with van der Waals surface area (Å²) < 4.78 is 0. The Labute approximate surface area is 157 Å². The van der Waals surface area contributed by atoms with Gasteiger partial charge in [0.15, 0.2) is 5.17 Å². The van der Waals surface area contributed by atoms with Gasteiger partial charge in [0.1, 0.15) is 0 Å². The maximum Gasteiger partial charge on any atom is 0.260 e. The fraction of sp³-hybridized carbons (Fsp3) is 0.421. The number of fused-ring (bicyclic) bond motifs is 1. The van der Waals surface area contributed by atoms with Crippen LogP contribution in [0.2, 0.25) is 0 Å². The van der Waals surface area contributed by atoms with E-state index >= 15 is 0 Å². The number of amidine groups is 1.